The van der Waals surface area contributed by atoms with Crippen LogP contribution in [0.5, 0.6) is 0 Å². The molecular weight excluding hydrogens is 262 g/mol. The summed E-state index contributed by atoms with van der Waals surface area (Å²) in [5.74, 6) is -0.378. The molecule has 19 heavy (non-hydrogen) atoms. The molecule has 1 aromatic rings. The summed E-state index contributed by atoms with van der Waals surface area (Å²) < 4.78 is 6.36. The predicted molar refractivity (Wildman–Crippen MR) is 77.8 cm³/mol. The van der Waals surface area contributed by atoms with Gasteiger partial charge < -0.3 is 9.30 Å². The molecule has 0 aromatic carbocycles. The van der Waals surface area contributed by atoms with Gasteiger partial charge in [-0.2, -0.15) is 0 Å². The van der Waals surface area contributed by atoms with Crippen LogP contribution in [0.2, 0.25) is 0 Å². The fourth-order valence-electron chi connectivity index (χ4n) is 1.75. The average Bonchev–Trinajstić information content (AvgIpc) is 2.31. The first-order chi connectivity index (χ1) is 8.86. The summed E-state index contributed by atoms with van der Waals surface area (Å²) in [4.78, 5) is 24.8. The van der Waals surface area contributed by atoms with Crippen molar-refractivity contribution in [2.24, 2.45) is 0 Å². The third-order valence-corrected chi connectivity index (χ3v) is 3.81. The van der Waals surface area contributed by atoms with E-state index in [9.17, 15) is 9.59 Å². The largest absolute Gasteiger partial charge is 0.465 e. The van der Waals surface area contributed by atoms with Crippen LogP contribution in [0.15, 0.2) is 15.8 Å². The molecule has 5 heteroatoms. The van der Waals surface area contributed by atoms with Crippen molar-refractivity contribution in [3.63, 3.8) is 0 Å². The third kappa shape index (κ3) is 4.13. The molecule has 0 saturated carbocycles. The summed E-state index contributed by atoms with van der Waals surface area (Å²) in [6, 6.07) is 1.96. The van der Waals surface area contributed by atoms with Gasteiger partial charge in [0.2, 0.25) is 0 Å². The third-order valence-electron chi connectivity index (χ3n) is 2.66. The Bertz CT molecular complexity index is 520. The number of aromatic nitrogens is 1. The maximum absolute atomic E-state index is 12.3. The molecule has 1 aromatic heterocycles. The van der Waals surface area contributed by atoms with Gasteiger partial charge in [-0.15, -0.1) is 11.8 Å². The molecule has 0 saturated heterocycles. The summed E-state index contributed by atoms with van der Waals surface area (Å²) >= 11 is 1.66. The van der Waals surface area contributed by atoms with Crippen LogP contribution in [0.4, 0.5) is 0 Å². The topological polar surface area (TPSA) is 48.3 Å². The van der Waals surface area contributed by atoms with Gasteiger partial charge in [-0.1, -0.05) is 13.8 Å². The predicted octanol–water partition coefficient (Wildman–Crippen LogP) is 2.53. The van der Waals surface area contributed by atoms with E-state index in [0.29, 0.717) is 17.4 Å². The summed E-state index contributed by atoms with van der Waals surface area (Å²) in [6.45, 7) is 9.87. The molecule has 0 N–H and O–H groups in total. The Kier molecular flexibility index (Phi) is 5.66. The van der Waals surface area contributed by atoms with Crippen LogP contribution in [-0.4, -0.2) is 22.4 Å². The summed E-state index contributed by atoms with van der Waals surface area (Å²) in [6.07, 6.45) is 0. The highest BCUT2D eigenvalue weighted by molar-refractivity contribution is 8.00. The molecule has 0 spiro atoms. The Morgan fingerprint density at radius 2 is 2.05 bits per heavy atom. The van der Waals surface area contributed by atoms with Gasteiger partial charge in [-0.3, -0.25) is 9.59 Å². The first kappa shape index (κ1) is 15.8. The molecule has 4 nitrogen and oxygen atoms in total. The highest BCUT2D eigenvalue weighted by Gasteiger charge is 2.13. The molecule has 0 amide bonds. The molecule has 0 fully saturated rings. The molecule has 0 unspecified atom stereocenters. The molecule has 1 heterocycles. The zero-order valence-corrected chi connectivity index (χ0v) is 13.0. The lowest BCUT2D eigenvalue weighted by Crippen LogP contribution is -2.29. The Morgan fingerprint density at radius 1 is 1.42 bits per heavy atom. The molecule has 0 atom stereocenters. The van der Waals surface area contributed by atoms with Crippen molar-refractivity contribution in [3.8, 4) is 0 Å². The number of esters is 1. The van der Waals surface area contributed by atoms with Gasteiger partial charge in [0.05, 0.1) is 6.61 Å². The molecule has 0 aliphatic carbocycles. The first-order valence-electron chi connectivity index (χ1n) is 6.40. The minimum Gasteiger partial charge on any atom is -0.465 e. The second-order valence-corrected chi connectivity index (χ2v) is 6.26. The fourth-order valence-corrected chi connectivity index (χ4v) is 2.76. The Labute approximate surface area is 118 Å². The van der Waals surface area contributed by atoms with Crippen LogP contribution in [0.1, 0.15) is 32.0 Å². The van der Waals surface area contributed by atoms with Gasteiger partial charge in [-0.05, 0) is 26.8 Å². The summed E-state index contributed by atoms with van der Waals surface area (Å²) in [7, 11) is 0. The van der Waals surface area contributed by atoms with Crippen molar-refractivity contribution in [2.75, 3.05) is 6.61 Å². The minimum atomic E-state index is -0.378. The number of carbonyl (C=O) groups is 1. The second kappa shape index (κ2) is 6.80. The van der Waals surface area contributed by atoms with E-state index >= 15 is 0 Å². The van der Waals surface area contributed by atoms with Gasteiger partial charge in [-0.25, -0.2) is 0 Å². The van der Waals surface area contributed by atoms with Crippen molar-refractivity contribution in [1.82, 2.24) is 4.57 Å². The monoisotopic (exact) mass is 283 g/mol. The molecular formula is C14H21NO3S. The zero-order chi connectivity index (χ0) is 14.6. The fraction of sp³-hybridized carbons (Fsp3) is 0.571. The van der Waals surface area contributed by atoms with Crippen molar-refractivity contribution in [1.29, 1.82) is 0 Å². The number of carbonyl (C=O) groups excluding carboxylic acids is 1. The number of hydrogen-bond acceptors (Lipinski definition) is 4. The molecule has 106 valence electrons. The van der Waals surface area contributed by atoms with Crippen LogP contribution in [0, 0.1) is 13.8 Å². The SMILES string of the molecule is CCOC(=O)Cn1c(C)cc(SC(C)C)c(C)c1=O. The number of rotatable bonds is 5. The van der Waals surface area contributed by atoms with Crippen LogP contribution in [0.25, 0.3) is 0 Å². The van der Waals surface area contributed by atoms with Gasteiger partial charge >= 0.3 is 5.97 Å². The quantitative estimate of drug-likeness (QED) is 0.615. The van der Waals surface area contributed by atoms with E-state index in [-0.39, 0.29) is 18.1 Å². The highest BCUT2D eigenvalue weighted by atomic mass is 32.2. The van der Waals surface area contributed by atoms with Crippen molar-refractivity contribution < 1.29 is 9.53 Å². The van der Waals surface area contributed by atoms with E-state index in [1.807, 2.05) is 13.0 Å². The Balaban J connectivity index is 3.12. The van der Waals surface area contributed by atoms with Crippen LogP contribution >= 0.6 is 11.8 Å². The van der Waals surface area contributed by atoms with Gasteiger partial charge in [0.1, 0.15) is 6.54 Å². The standard InChI is InChI=1S/C14H21NO3S/c1-6-18-13(16)8-15-10(4)7-12(19-9(2)3)11(5)14(15)17/h7,9H,6,8H2,1-5H3. The molecule has 0 radical (unpaired) electrons. The highest BCUT2D eigenvalue weighted by Crippen LogP contribution is 2.25. The summed E-state index contributed by atoms with van der Waals surface area (Å²) in [5.41, 5.74) is 1.36. The van der Waals surface area contributed by atoms with Crippen LogP contribution in [-0.2, 0) is 16.1 Å². The van der Waals surface area contributed by atoms with Gasteiger partial charge in [0, 0.05) is 21.4 Å². The van der Waals surface area contributed by atoms with Gasteiger partial charge in [0.25, 0.3) is 5.56 Å². The lowest BCUT2D eigenvalue weighted by molar-refractivity contribution is -0.143. The smallest absolute Gasteiger partial charge is 0.326 e. The van der Waals surface area contributed by atoms with Crippen molar-refractivity contribution in [3.05, 3.63) is 27.7 Å². The molecule has 0 aliphatic rings. The van der Waals surface area contributed by atoms with E-state index in [0.717, 1.165) is 10.6 Å². The maximum Gasteiger partial charge on any atom is 0.326 e. The Hall–Kier alpha value is -1.23. The number of pyridine rings is 1. The van der Waals surface area contributed by atoms with E-state index in [1.54, 1.807) is 25.6 Å². The van der Waals surface area contributed by atoms with Crippen molar-refractivity contribution in [2.45, 2.75) is 51.3 Å². The van der Waals surface area contributed by atoms with Gasteiger partial charge in [0.15, 0.2) is 0 Å². The normalized spacial score (nSPS) is 10.8. The number of hydrogen-bond donors (Lipinski definition) is 0. The molecule has 1 rings (SSSR count). The number of ether oxygens (including phenoxy) is 1. The average molecular weight is 283 g/mol. The first-order valence-corrected chi connectivity index (χ1v) is 7.28. The molecule has 0 aliphatic heterocycles. The summed E-state index contributed by atoms with van der Waals surface area (Å²) in [5, 5.41) is 0.415. The van der Waals surface area contributed by atoms with E-state index in [1.165, 1.54) is 4.57 Å². The van der Waals surface area contributed by atoms with E-state index in [4.69, 9.17) is 4.74 Å². The number of nitrogens with zero attached hydrogens (tertiary/aromatic N) is 1. The van der Waals surface area contributed by atoms with E-state index in [2.05, 4.69) is 13.8 Å². The maximum atomic E-state index is 12.3. The molecule has 0 bridgehead atoms. The number of aryl methyl sites for hydroxylation is 1. The lowest BCUT2D eigenvalue weighted by Gasteiger charge is -2.14. The van der Waals surface area contributed by atoms with E-state index < -0.39 is 0 Å². The van der Waals surface area contributed by atoms with Crippen LogP contribution in [0.3, 0.4) is 0 Å². The van der Waals surface area contributed by atoms with Crippen LogP contribution < -0.4 is 5.56 Å². The second-order valence-electron chi connectivity index (χ2n) is 4.64. The lowest BCUT2D eigenvalue weighted by atomic mass is 10.2. The van der Waals surface area contributed by atoms with Crippen molar-refractivity contribution >= 4 is 17.7 Å². The Morgan fingerprint density at radius 3 is 2.58 bits per heavy atom. The zero-order valence-electron chi connectivity index (χ0n) is 12.1. The number of thioether (sulfide) groups is 1. The minimum absolute atomic E-state index is 0.0219.